The second-order valence-electron chi connectivity index (χ2n) is 6.13. The second-order valence-corrected chi connectivity index (χ2v) is 7.54. The van der Waals surface area contributed by atoms with E-state index in [4.69, 9.17) is 18.9 Å². The summed E-state index contributed by atoms with van der Waals surface area (Å²) in [4.78, 5) is 25.5. The molecule has 8 heteroatoms. The minimum atomic E-state index is -2.99. The molecule has 166 valence electrons. The van der Waals surface area contributed by atoms with Crippen LogP contribution in [0.15, 0.2) is 72.8 Å². The molecule has 3 rings (SSSR count). The van der Waals surface area contributed by atoms with E-state index in [2.05, 4.69) is 0 Å². The van der Waals surface area contributed by atoms with Gasteiger partial charge in [0.2, 0.25) is 0 Å². The molecule has 0 aromatic heterocycles. The van der Waals surface area contributed by atoms with Crippen molar-refractivity contribution < 1.29 is 33.1 Å². The van der Waals surface area contributed by atoms with Gasteiger partial charge in [-0.25, -0.2) is 9.59 Å². The quantitative estimate of drug-likeness (QED) is 0.431. The van der Waals surface area contributed by atoms with Gasteiger partial charge in [-0.15, -0.1) is 0 Å². The Labute approximate surface area is 187 Å². The Balaban J connectivity index is 0.000000520. The van der Waals surface area contributed by atoms with Gasteiger partial charge < -0.3 is 18.9 Å². The lowest BCUT2D eigenvalue weighted by molar-refractivity contribution is 0.104. The van der Waals surface area contributed by atoms with Crippen molar-refractivity contribution in [2.24, 2.45) is 0 Å². The smallest absolute Gasteiger partial charge is 0.496 e. The summed E-state index contributed by atoms with van der Waals surface area (Å²) >= 11 is 0. The highest BCUT2D eigenvalue weighted by Crippen LogP contribution is 2.42. The molecule has 0 atom stereocenters. The summed E-state index contributed by atoms with van der Waals surface area (Å²) in [5.74, 6) is 0.657. The van der Waals surface area contributed by atoms with E-state index in [-0.39, 0.29) is 34.1 Å². The summed E-state index contributed by atoms with van der Waals surface area (Å²) in [6.45, 7) is 0. The Morgan fingerprint density at radius 2 is 0.781 bits per heavy atom. The maximum Gasteiger partial charge on any atom is 0.502 e. The van der Waals surface area contributed by atoms with Gasteiger partial charge in [0.15, 0.2) is 11.1 Å². The molecule has 7 nitrogen and oxygen atoms in total. The molecule has 0 saturated carbocycles. The topological polar surface area (TPSA) is 88.1 Å². The maximum absolute atomic E-state index is 12.8. The minimum absolute atomic E-state index is 0.0548. The average Bonchev–Trinajstić information content (AvgIpc) is 2.87. The fraction of sp³-hybridized carbons (Fsp3) is 0.167. The van der Waals surface area contributed by atoms with E-state index in [9.17, 15) is 14.2 Å². The van der Waals surface area contributed by atoms with Crippen molar-refractivity contribution >= 4 is 18.8 Å². The third kappa shape index (κ3) is 5.71. The van der Waals surface area contributed by atoms with Gasteiger partial charge in [0.1, 0.15) is 23.0 Å². The number of ether oxygens (including phenoxy) is 4. The van der Waals surface area contributed by atoms with Crippen LogP contribution in [0.3, 0.4) is 0 Å². The molecule has 0 saturated heterocycles. The Kier molecular flexibility index (Phi) is 9.39. The van der Waals surface area contributed by atoms with Crippen LogP contribution in [0.1, 0.15) is 20.7 Å². The number of benzene rings is 3. The fourth-order valence-electron chi connectivity index (χ4n) is 2.80. The van der Waals surface area contributed by atoms with Crippen LogP contribution < -0.4 is 18.9 Å². The van der Waals surface area contributed by atoms with Crippen LogP contribution in [0.2, 0.25) is 0 Å². The Hall–Kier alpha value is -3.70. The number of hydrogen-bond donors (Lipinski definition) is 0. The summed E-state index contributed by atoms with van der Waals surface area (Å²) in [5.41, 5.74) is -1.90. The molecule has 0 aliphatic carbocycles. The van der Waals surface area contributed by atoms with Gasteiger partial charge in [-0.2, -0.15) is 0 Å². The lowest BCUT2D eigenvalue weighted by Crippen LogP contribution is -2.08. The largest absolute Gasteiger partial charge is 0.502 e. The molecule has 0 unspecified atom stereocenters. The molecule has 3 aromatic carbocycles. The van der Waals surface area contributed by atoms with Crippen molar-refractivity contribution in [3.8, 4) is 23.0 Å². The number of carbonyl (C=O) groups is 2. The van der Waals surface area contributed by atoms with Crippen LogP contribution in [0, 0.1) is 0 Å². The molecular formula is C24H24O7P+. The highest BCUT2D eigenvalue weighted by molar-refractivity contribution is 7.80. The van der Waals surface area contributed by atoms with Crippen molar-refractivity contribution in [3.63, 3.8) is 0 Å². The first-order chi connectivity index (χ1) is 15.5. The zero-order valence-corrected chi connectivity index (χ0v) is 19.1. The summed E-state index contributed by atoms with van der Waals surface area (Å²) < 4.78 is 33.3. The van der Waals surface area contributed by atoms with Crippen LogP contribution in [-0.4, -0.2) is 39.5 Å². The Bertz CT molecular complexity index is 940. The molecule has 0 radical (unpaired) electrons. The highest BCUT2D eigenvalue weighted by atomic mass is 31.1. The van der Waals surface area contributed by atoms with E-state index in [1.54, 1.807) is 12.1 Å². The number of carbonyl (C=O) groups excluding carboxylic acids is 2. The molecule has 32 heavy (non-hydrogen) atoms. The third-order valence-electron chi connectivity index (χ3n) is 4.32. The van der Waals surface area contributed by atoms with Gasteiger partial charge in [0.05, 0.1) is 28.4 Å². The van der Waals surface area contributed by atoms with Gasteiger partial charge in [-0.1, -0.05) is 53.1 Å². The minimum Gasteiger partial charge on any atom is -0.496 e. The molecule has 0 heterocycles. The molecule has 0 N–H and O–H groups in total. The zero-order valence-electron chi connectivity index (χ0n) is 18.2. The third-order valence-corrected chi connectivity index (χ3v) is 5.50. The van der Waals surface area contributed by atoms with E-state index in [0.29, 0.717) is 0 Å². The molecule has 0 aliphatic heterocycles. The van der Waals surface area contributed by atoms with Gasteiger partial charge >= 0.3 is 18.8 Å². The van der Waals surface area contributed by atoms with Gasteiger partial charge in [-0.3, -0.25) is 0 Å². The number of rotatable bonds is 8. The monoisotopic (exact) mass is 455 g/mol. The molecule has 0 aliphatic rings. The Morgan fingerprint density at radius 3 is 1.00 bits per heavy atom. The van der Waals surface area contributed by atoms with Crippen LogP contribution in [0.5, 0.6) is 23.0 Å². The SMILES string of the molecule is COc1cccc(OC)c1C(=O)[P+](=O)C(=O)c1c(OC)cccc1OC.c1ccccc1. The van der Waals surface area contributed by atoms with Crippen LogP contribution in [-0.2, 0) is 4.57 Å². The second kappa shape index (κ2) is 12.2. The number of hydrogen-bond acceptors (Lipinski definition) is 7. The molecule has 0 amide bonds. The van der Waals surface area contributed by atoms with Gasteiger partial charge in [0.25, 0.3) is 0 Å². The predicted octanol–water partition coefficient (Wildman–Crippen LogP) is 5.22. The van der Waals surface area contributed by atoms with E-state index >= 15 is 0 Å². The standard InChI is InChI=1S/C18H18O7P.C6H6/c1-22-11-7-5-8-12(23-2)15(11)17(19)26(21)18(20)16-13(24-3)9-6-10-14(16)25-4;1-2-4-6-5-3-1/h5-10H,1-4H3;1-6H/q+1;. The van der Waals surface area contributed by atoms with Crippen molar-refractivity contribution in [2.45, 2.75) is 0 Å². The van der Waals surface area contributed by atoms with Gasteiger partial charge in [-0.05, 0) is 24.3 Å². The molecule has 3 aromatic rings. The lowest BCUT2D eigenvalue weighted by atomic mass is 10.2. The van der Waals surface area contributed by atoms with Crippen molar-refractivity contribution in [2.75, 3.05) is 28.4 Å². The van der Waals surface area contributed by atoms with E-state index in [1.165, 1.54) is 52.7 Å². The summed E-state index contributed by atoms with van der Waals surface area (Å²) in [5, 5.41) is 0. The Morgan fingerprint density at radius 1 is 0.531 bits per heavy atom. The summed E-state index contributed by atoms with van der Waals surface area (Å²) in [7, 11) is 2.47. The van der Waals surface area contributed by atoms with E-state index in [1.807, 2.05) is 36.4 Å². The first-order valence-corrected chi connectivity index (χ1v) is 10.7. The van der Waals surface area contributed by atoms with Crippen LogP contribution in [0.4, 0.5) is 0 Å². The first-order valence-electron chi connectivity index (χ1n) is 9.48. The molecule has 0 fully saturated rings. The highest BCUT2D eigenvalue weighted by Gasteiger charge is 2.45. The number of methoxy groups -OCH3 is 4. The first kappa shape index (κ1) is 24.6. The van der Waals surface area contributed by atoms with E-state index < -0.39 is 18.8 Å². The van der Waals surface area contributed by atoms with Crippen LogP contribution in [0.25, 0.3) is 0 Å². The summed E-state index contributed by atoms with van der Waals surface area (Å²) in [6.07, 6.45) is 0. The van der Waals surface area contributed by atoms with Crippen molar-refractivity contribution in [1.29, 1.82) is 0 Å². The fourth-order valence-corrected chi connectivity index (χ4v) is 3.84. The maximum atomic E-state index is 12.8. The predicted molar refractivity (Wildman–Crippen MR) is 122 cm³/mol. The summed E-state index contributed by atoms with van der Waals surface area (Å²) in [6, 6.07) is 21.3. The van der Waals surface area contributed by atoms with E-state index in [0.717, 1.165) is 0 Å². The zero-order chi connectivity index (χ0) is 23.5. The molecular weight excluding hydrogens is 431 g/mol. The molecule has 0 bridgehead atoms. The van der Waals surface area contributed by atoms with Gasteiger partial charge in [0, 0.05) is 0 Å². The van der Waals surface area contributed by atoms with Crippen LogP contribution >= 0.6 is 7.80 Å². The lowest BCUT2D eigenvalue weighted by Gasteiger charge is -2.09. The normalized spacial score (nSPS) is 9.62. The van der Waals surface area contributed by atoms with Crippen molar-refractivity contribution in [3.05, 3.63) is 83.9 Å². The average molecular weight is 455 g/mol. The van der Waals surface area contributed by atoms with Crippen molar-refractivity contribution in [1.82, 2.24) is 0 Å². The molecule has 0 spiro atoms.